The molecule has 14 heavy (non-hydrogen) atoms. The van der Waals surface area contributed by atoms with Gasteiger partial charge in [0.05, 0.1) is 0 Å². The SMILES string of the molecule is CC.CC(C)SCc1cccc(Cl)c1. The third kappa shape index (κ3) is 6.33. The van der Waals surface area contributed by atoms with Crippen LogP contribution in [0, 0.1) is 0 Å². The van der Waals surface area contributed by atoms with Gasteiger partial charge in [0, 0.05) is 10.8 Å². The molecule has 0 saturated carbocycles. The van der Waals surface area contributed by atoms with Gasteiger partial charge in [0.1, 0.15) is 0 Å². The fourth-order valence-corrected chi connectivity index (χ4v) is 1.81. The zero-order valence-corrected chi connectivity index (χ0v) is 11.0. The molecule has 0 fully saturated rings. The highest BCUT2D eigenvalue weighted by Gasteiger charge is 1.96. The Morgan fingerprint density at radius 3 is 2.43 bits per heavy atom. The minimum absolute atomic E-state index is 0.684. The molecule has 0 aliphatic rings. The Balaban J connectivity index is 0.000000791. The van der Waals surface area contributed by atoms with Gasteiger partial charge in [-0.05, 0) is 22.9 Å². The molecule has 1 rings (SSSR count). The van der Waals surface area contributed by atoms with Crippen molar-refractivity contribution in [1.82, 2.24) is 0 Å². The van der Waals surface area contributed by atoms with Crippen LogP contribution in [0.5, 0.6) is 0 Å². The predicted molar refractivity (Wildman–Crippen MR) is 69.2 cm³/mol. The third-order valence-corrected chi connectivity index (χ3v) is 2.87. The summed E-state index contributed by atoms with van der Waals surface area (Å²) in [5, 5.41) is 1.51. The van der Waals surface area contributed by atoms with E-state index in [1.54, 1.807) is 0 Å². The molecule has 1 aromatic carbocycles. The van der Waals surface area contributed by atoms with Gasteiger partial charge in [-0.1, -0.05) is 51.4 Å². The molecule has 0 bridgehead atoms. The minimum atomic E-state index is 0.684. The second-order valence-electron chi connectivity index (χ2n) is 2.99. The second-order valence-corrected chi connectivity index (χ2v) is 4.99. The fourth-order valence-electron chi connectivity index (χ4n) is 0.890. The molecule has 80 valence electrons. The molecule has 0 nitrogen and oxygen atoms in total. The summed E-state index contributed by atoms with van der Waals surface area (Å²) in [5.74, 6) is 1.05. The third-order valence-electron chi connectivity index (χ3n) is 1.47. The van der Waals surface area contributed by atoms with Gasteiger partial charge in [0.15, 0.2) is 0 Å². The van der Waals surface area contributed by atoms with E-state index in [2.05, 4.69) is 19.9 Å². The van der Waals surface area contributed by atoms with Crippen molar-refractivity contribution in [3.63, 3.8) is 0 Å². The summed E-state index contributed by atoms with van der Waals surface area (Å²) in [6.45, 7) is 8.41. The van der Waals surface area contributed by atoms with Crippen molar-refractivity contribution < 1.29 is 0 Å². The van der Waals surface area contributed by atoms with Crippen LogP contribution in [0.1, 0.15) is 33.3 Å². The summed E-state index contributed by atoms with van der Waals surface area (Å²) in [6.07, 6.45) is 0. The molecule has 0 aromatic heterocycles. The zero-order valence-electron chi connectivity index (χ0n) is 9.38. The standard InChI is InChI=1S/C10H13ClS.C2H6/c1-8(2)12-7-9-4-3-5-10(11)6-9;1-2/h3-6,8H,7H2,1-2H3;1-2H3. The molecule has 0 aliphatic heterocycles. The van der Waals surface area contributed by atoms with Gasteiger partial charge in [-0.2, -0.15) is 11.8 Å². The molecule has 0 amide bonds. The first-order valence-corrected chi connectivity index (χ1v) is 6.47. The first kappa shape index (κ1) is 13.9. The van der Waals surface area contributed by atoms with Crippen molar-refractivity contribution >= 4 is 23.4 Å². The number of halogens is 1. The molecular formula is C12H19ClS. The normalized spacial score (nSPS) is 9.57. The van der Waals surface area contributed by atoms with Gasteiger partial charge < -0.3 is 0 Å². The monoisotopic (exact) mass is 230 g/mol. The van der Waals surface area contributed by atoms with Crippen LogP contribution >= 0.6 is 23.4 Å². The van der Waals surface area contributed by atoms with E-state index in [1.807, 2.05) is 43.8 Å². The number of hydrogen-bond acceptors (Lipinski definition) is 1. The molecular weight excluding hydrogens is 212 g/mol. The maximum Gasteiger partial charge on any atom is 0.0409 e. The Morgan fingerprint density at radius 1 is 1.29 bits per heavy atom. The van der Waals surface area contributed by atoms with Crippen LogP contribution in [0.4, 0.5) is 0 Å². The maximum atomic E-state index is 5.85. The highest BCUT2D eigenvalue weighted by Crippen LogP contribution is 2.19. The Bertz CT molecular complexity index is 246. The minimum Gasteiger partial charge on any atom is -0.154 e. The van der Waals surface area contributed by atoms with Gasteiger partial charge in [-0.15, -0.1) is 0 Å². The van der Waals surface area contributed by atoms with Gasteiger partial charge in [-0.25, -0.2) is 0 Å². The number of benzene rings is 1. The molecule has 0 radical (unpaired) electrons. The van der Waals surface area contributed by atoms with Gasteiger partial charge in [0.25, 0.3) is 0 Å². The maximum absolute atomic E-state index is 5.85. The van der Waals surface area contributed by atoms with E-state index < -0.39 is 0 Å². The van der Waals surface area contributed by atoms with Crippen LogP contribution in [0.25, 0.3) is 0 Å². The van der Waals surface area contributed by atoms with Gasteiger partial charge in [0.2, 0.25) is 0 Å². The lowest BCUT2D eigenvalue weighted by molar-refractivity contribution is 1.11. The van der Waals surface area contributed by atoms with E-state index >= 15 is 0 Å². The largest absolute Gasteiger partial charge is 0.154 e. The lowest BCUT2D eigenvalue weighted by Crippen LogP contribution is -1.88. The molecule has 0 unspecified atom stereocenters. The molecule has 0 N–H and O–H groups in total. The van der Waals surface area contributed by atoms with Crippen molar-refractivity contribution in [3.8, 4) is 0 Å². The van der Waals surface area contributed by atoms with Gasteiger partial charge in [-0.3, -0.25) is 0 Å². The lowest BCUT2D eigenvalue weighted by Gasteiger charge is -2.04. The van der Waals surface area contributed by atoms with Crippen molar-refractivity contribution in [1.29, 1.82) is 0 Å². The highest BCUT2D eigenvalue weighted by molar-refractivity contribution is 7.99. The van der Waals surface area contributed by atoms with Crippen molar-refractivity contribution in [2.45, 2.75) is 38.7 Å². The summed E-state index contributed by atoms with van der Waals surface area (Å²) in [4.78, 5) is 0. The summed E-state index contributed by atoms with van der Waals surface area (Å²) in [7, 11) is 0. The average Bonchev–Trinajstić information content (AvgIpc) is 2.18. The van der Waals surface area contributed by atoms with Crippen LogP contribution in [0.2, 0.25) is 5.02 Å². The predicted octanol–water partition coefficient (Wildman–Crippen LogP) is 5.01. The summed E-state index contributed by atoms with van der Waals surface area (Å²) >= 11 is 7.79. The Kier molecular flexibility index (Phi) is 8.11. The molecule has 0 saturated heterocycles. The van der Waals surface area contributed by atoms with Crippen LogP contribution in [0.15, 0.2) is 24.3 Å². The summed E-state index contributed by atoms with van der Waals surface area (Å²) in [5.41, 5.74) is 1.31. The first-order valence-electron chi connectivity index (χ1n) is 5.04. The fraction of sp³-hybridized carbons (Fsp3) is 0.500. The van der Waals surface area contributed by atoms with E-state index in [0.29, 0.717) is 5.25 Å². The molecule has 0 atom stereocenters. The molecule has 0 aliphatic carbocycles. The Labute approximate surface area is 97.1 Å². The second kappa shape index (κ2) is 8.19. The molecule has 0 heterocycles. The number of hydrogen-bond donors (Lipinski definition) is 0. The molecule has 2 heteroatoms. The lowest BCUT2D eigenvalue weighted by atomic mass is 10.2. The van der Waals surface area contributed by atoms with E-state index in [9.17, 15) is 0 Å². The van der Waals surface area contributed by atoms with E-state index in [4.69, 9.17) is 11.6 Å². The summed E-state index contributed by atoms with van der Waals surface area (Å²) < 4.78 is 0. The Morgan fingerprint density at radius 2 is 1.93 bits per heavy atom. The molecule has 1 aromatic rings. The van der Waals surface area contributed by atoms with Gasteiger partial charge >= 0.3 is 0 Å². The zero-order chi connectivity index (χ0) is 11.0. The topological polar surface area (TPSA) is 0 Å². The average molecular weight is 231 g/mol. The highest BCUT2D eigenvalue weighted by atomic mass is 35.5. The number of rotatable bonds is 3. The first-order chi connectivity index (χ1) is 6.68. The van der Waals surface area contributed by atoms with Crippen LogP contribution in [-0.2, 0) is 5.75 Å². The Hall–Kier alpha value is -0.140. The smallest absolute Gasteiger partial charge is 0.0409 e. The van der Waals surface area contributed by atoms with Crippen molar-refractivity contribution in [2.24, 2.45) is 0 Å². The van der Waals surface area contributed by atoms with E-state index in [1.165, 1.54) is 5.56 Å². The van der Waals surface area contributed by atoms with Crippen molar-refractivity contribution in [2.75, 3.05) is 0 Å². The molecule has 0 spiro atoms. The van der Waals surface area contributed by atoms with E-state index in [-0.39, 0.29) is 0 Å². The van der Waals surface area contributed by atoms with Crippen molar-refractivity contribution in [3.05, 3.63) is 34.9 Å². The summed E-state index contributed by atoms with van der Waals surface area (Å²) in [6, 6.07) is 8.04. The quantitative estimate of drug-likeness (QED) is 0.704. The number of thioether (sulfide) groups is 1. The van der Waals surface area contributed by atoms with Crippen LogP contribution in [-0.4, -0.2) is 5.25 Å². The van der Waals surface area contributed by atoms with Crippen LogP contribution < -0.4 is 0 Å². The van der Waals surface area contributed by atoms with E-state index in [0.717, 1.165) is 10.8 Å². The van der Waals surface area contributed by atoms with Crippen LogP contribution in [0.3, 0.4) is 0 Å².